The summed E-state index contributed by atoms with van der Waals surface area (Å²) in [7, 11) is 1.17. The van der Waals surface area contributed by atoms with Crippen molar-refractivity contribution in [1.82, 2.24) is 20.1 Å². The van der Waals surface area contributed by atoms with Crippen molar-refractivity contribution in [2.75, 3.05) is 12.8 Å². The van der Waals surface area contributed by atoms with Gasteiger partial charge in [0.05, 0.1) is 31.2 Å². The summed E-state index contributed by atoms with van der Waals surface area (Å²) >= 11 is 0. The van der Waals surface area contributed by atoms with E-state index in [4.69, 9.17) is 10.5 Å². The first kappa shape index (κ1) is 25.4. The number of nitrogens with two attached hydrogens (primary N) is 1. The molecular formula is C23H22F5N5O3. The summed E-state index contributed by atoms with van der Waals surface area (Å²) < 4.78 is 76.6. The Bertz CT molecular complexity index is 1320. The maximum Gasteiger partial charge on any atom is 0.419 e. The summed E-state index contributed by atoms with van der Waals surface area (Å²) in [5, 5.41) is 17.1. The molecule has 1 amide bonds. The van der Waals surface area contributed by atoms with Crippen LogP contribution in [0.15, 0.2) is 36.7 Å². The van der Waals surface area contributed by atoms with E-state index >= 15 is 0 Å². The van der Waals surface area contributed by atoms with Crippen LogP contribution in [0.5, 0.6) is 5.75 Å². The number of hydrogen-bond acceptors (Lipinski definition) is 6. The predicted molar refractivity (Wildman–Crippen MR) is 118 cm³/mol. The highest BCUT2D eigenvalue weighted by Gasteiger charge is 2.64. The van der Waals surface area contributed by atoms with Crippen molar-refractivity contribution >= 4 is 11.7 Å². The molecule has 8 nitrogen and oxygen atoms in total. The zero-order valence-corrected chi connectivity index (χ0v) is 19.3. The number of aromatic nitrogens is 3. The zero-order valence-electron chi connectivity index (χ0n) is 19.3. The Kier molecular flexibility index (Phi) is 5.94. The molecule has 1 aliphatic rings. The molecule has 4 N–H and O–H groups in total. The van der Waals surface area contributed by atoms with Gasteiger partial charge in [0.1, 0.15) is 11.4 Å². The third-order valence-corrected chi connectivity index (χ3v) is 6.30. The van der Waals surface area contributed by atoms with Crippen LogP contribution in [-0.4, -0.2) is 44.7 Å². The van der Waals surface area contributed by atoms with E-state index in [0.717, 1.165) is 35.3 Å². The van der Waals surface area contributed by atoms with Crippen LogP contribution in [0.4, 0.5) is 27.8 Å². The largest absolute Gasteiger partial charge is 0.493 e. The van der Waals surface area contributed by atoms with E-state index < -0.39 is 47.3 Å². The normalized spacial score (nSPS) is 21.1. The number of nitrogens with zero attached hydrogens (tertiary/aromatic N) is 3. The summed E-state index contributed by atoms with van der Waals surface area (Å²) in [5.74, 6) is -3.18. The first-order valence-corrected chi connectivity index (χ1v) is 10.6. The summed E-state index contributed by atoms with van der Waals surface area (Å²) in [6.45, 7) is 2.84. The number of carbonyl (C=O) groups is 1. The molecule has 1 aromatic carbocycles. The van der Waals surface area contributed by atoms with Crippen molar-refractivity contribution in [3.63, 3.8) is 0 Å². The maximum absolute atomic E-state index is 14.5. The Morgan fingerprint density at radius 2 is 1.92 bits per heavy atom. The highest BCUT2D eigenvalue weighted by Crippen LogP contribution is 2.55. The van der Waals surface area contributed by atoms with Crippen molar-refractivity contribution < 1.29 is 36.6 Å². The molecule has 36 heavy (non-hydrogen) atoms. The molecule has 2 heterocycles. The fourth-order valence-corrected chi connectivity index (χ4v) is 4.73. The minimum Gasteiger partial charge on any atom is -0.493 e. The Balaban J connectivity index is 1.81. The fourth-order valence-electron chi connectivity index (χ4n) is 4.73. The predicted octanol–water partition coefficient (Wildman–Crippen LogP) is 3.58. The number of methoxy groups -OCH3 is 1. The third kappa shape index (κ3) is 3.92. The summed E-state index contributed by atoms with van der Waals surface area (Å²) in [6.07, 6.45) is -3.95. The Morgan fingerprint density at radius 1 is 1.22 bits per heavy atom. The van der Waals surface area contributed by atoms with Gasteiger partial charge >= 0.3 is 6.18 Å². The number of pyridine rings is 1. The van der Waals surface area contributed by atoms with Crippen LogP contribution < -0.4 is 15.8 Å². The van der Waals surface area contributed by atoms with E-state index in [1.807, 2.05) is 0 Å². The summed E-state index contributed by atoms with van der Waals surface area (Å²) in [4.78, 5) is 16.6. The Labute approximate surface area is 201 Å². The second-order valence-corrected chi connectivity index (χ2v) is 9.13. The van der Waals surface area contributed by atoms with Gasteiger partial charge in [-0.1, -0.05) is 19.9 Å². The number of rotatable bonds is 4. The second kappa shape index (κ2) is 8.43. The molecule has 0 saturated carbocycles. The molecule has 2 aromatic heterocycles. The number of halogens is 5. The summed E-state index contributed by atoms with van der Waals surface area (Å²) in [5.41, 5.74) is 1.03. The molecule has 0 aliphatic heterocycles. The lowest BCUT2D eigenvalue weighted by atomic mass is 9.63. The number of carbonyl (C=O) groups excluding carboxylic acids is 1. The van der Waals surface area contributed by atoms with Gasteiger partial charge in [-0.05, 0) is 35.6 Å². The van der Waals surface area contributed by atoms with Gasteiger partial charge in [-0.3, -0.25) is 4.79 Å². The highest BCUT2D eigenvalue weighted by atomic mass is 19.4. The minimum atomic E-state index is -5.17. The highest BCUT2D eigenvalue weighted by molar-refractivity contribution is 5.98. The number of nitrogen functional groups attached to an aromatic ring is 1. The molecule has 0 unspecified atom stereocenters. The molecular weight excluding hydrogens is 489 g/mol. The quantitative estimate of drug-likeness (QED) is 0.364. The van der Waals surface area contributed by atoms with E-state index in [2.05, 4.69) is 15.4 Å². The lowest BCUT2D eigenvalue weighted by Crippen LogP contribution is -2.60. The Morgan fingerprint density at radius 3 is 2.50 bits per heavy atom. The molecule has 0 radical (unpaired) electrons. The first-order chi connectivity index (χ1) is 16.7. The van der Waals surface area contributed by atoms with Crippen LogP contribution in [0.2, 0.25) is 0 Å². The van der Waals surface area contributed by atoms with Crippen LogP contribution in [0.25, 0.3) is 5.69 Å². The average molecular weight is 511 g/mol. The molecule has 2 atom stereocenters. The number of hydrogen-bond donors (Lipinski definition) is 3. The van der Waals surface area contributed by atoms with Crippen LogP contribution in [-0.2, 0) is 5.41 Å². The van der Waals surface area contributed by atoms with Gasteiger partial charge in [0.15, 0.2) is 17.2 Å². The number of nitrogens with one attached hydrogen (secondary N) is 1. The topological polar surface area (TPSA) is 115 Å². The van der Waals surface area contributed by atoms with Gasteiger partial charge < -0.3 is 20.9 Å². The van der Waals surface area contributed by atoms with Crippen LogP contribution in [0.1, 0.15) is 47.8 Å². The monoisotopic (exact) mass is 511 g/mol. The number of amides is 1. The third-order valence-electron chi connectivity index (χ3n) is 6.30. The maximum atomic E-state index is 14.5. The lowest BCUT2D eigenvalue weighted by Gasteiger charge is -2.48. The molecule has 1 aliphatic carbocycles. The van der Waals surface area contributed by atoms with E-state index in [-0.39, 0.29) is 33.9 Å². The van der Waals surface area contributed by atoms with Crippen LogP contribution in [0, 0.1) is 11.8 Å². The van der Waals surface area contributed by atoms with E-state index in [9.17, 15) is 31.9 Å². The number of anilines is 1. The van der Waals surface area contributed by atoms with Gasteiger partial charge in [-0.2, -0.15) is 22.7 Å². The molecule has 0 saturated heterocycles. The lowest BCUT2D eigenvalue weighted by molar-refractivity contribution is -0.280. The van der Waals surface area contributed by atoms with Crippen LogP contribution in [0.3, 0.4) is 0 Å². The van der Waals surface area contributed by atoms with Gasteiger partial charge in [-0.25, -0.2) is 14.1 Å². The smallest absolute Gasteiger partial charge is 0.419 e. The standard InChI is InChI=1S/C23H22F5N5O3/c1-21(2)10-22(35,23(26,27)28)18(12-5-6-14(24)17(36-3)16(12)21)32-20(34)13-9-31-33(19(13)29)11-4-7-15(25)30-8-11/h4-9,18,35H,10,29H2,1-3H3,(H,32,34)/t18-,22+/m0/s1. The first-order valence-electron chi connectivity index (χ1n) is 10.6. The number of fused-ring (bicyclic) bond motifs is 1. The molecule has 0 spiro atoms. The number of benzene rings is 1. The van der Waals surface area contributed by atoms with E-state index in [1.165, 1.54) is 27.0 Å². The Hall–Kier alpha value is -3.74. The molecule has 13 heteroatoms. The van der Waals surface area contributed by atoms with Gasteiger partial charge in [0, 0.05) is 5.56 Å². The van der Waals surface area contributed by atoms with Crippen LogP contribution >= 0.6 is 0 Å². The molecule has 0 fully saturated rings. The van der Waals surface area contributed by atoms with E-state index in [0.29, 0.717) is 0 Å². The van der Waals surface area contributed by atoms with Gasteiger partial charge in [0.2, 0.25) is 5.95 Å². The number of alkyl halides is 3. The number of aliphatic hydroxyl groups is 1. The molecule has 4 rings (SSSR count). The second-order valence-electron chi connectivity index (χ2n) is 9.13. The van der Waals surface area contributed by atoms with E-state index in [1.54, 1.807) is 0 Å². The zero-order chi connectivity index (χ0) is 26.6. The van der Waals surface area contributed by atoms with Gasteiger partial charge in [0.25, 0.3) is 5.91 Å². The average Bonchev–Trinajstić information content (AvgIpc) is 3.17. The van der Waals surface area contributed by atoms with Gasteiger partial charge in [-0.15, -0.1) is 0 Å². The minimum absolute atomic E-state index is 0.0882. The molecule has 3 aromatic rings. The summed E-state index contributed by atoms with van der Waals surface area (Å²) in [6, 6.07) is 2.27. The van der Waals surface area contributed by atoms with Crippen molar-refractivity contribution in [1.29, 1.82) is 0 Å². The molecule has 0 bridgehead atoms. The van der Waals surface area contributed by atoms with Crippen molar-refractivity contribution in [3.8, 4) is 11.4 Å². The fraction of sp³-hybridized carbons (Fsp3) is 0.348. The molecule has 192 valence electrons. The van der Waals surface area contributed by atoms with Crippen molar-refractivity contribution in [2.45, 2.75) is 43.5 Å². The number of ether oxygens (including phenoxy) is 1. The SMILES string of the molecule is COc1c(F)ccc2c1C(C)(C)C[C@](O)(C(F)(F)F)[C@H]2NC(=O)c1cnn(-c2ccc(F)nc2)c1N. The van der Waals surface area contributed by atoms with Crippen molar-refractivity contribution in [2.24, 2.45) is 0 Å². The van der Waals surface area contributed by atoms with Crippen molar-refractivity contribution in [3.05, 3.63) is 65.1 Å².